The molecular formula is C43H49F4N13O4. The van der Waals surface area contributed by atoms with Crippen LogP contribution in [-0.4, -0.2) is 138 Å². The monoisotopic (exact) mass is 887 g/mol. The van der Waals surface area contributed by atoms with Crippen LogP contribution in [0.5, 0.6) is 0 Å². The van der Waals surface area contributed by atoms with Gasteiger partial charge in [-0.1, -0.05) is 17.9 Å². The summed E-state index contributed by atoms with van der Waals surface area (Å²) in [6, 6.07) is 2.81. The zero-order valence-electron chi connectivity index (χ0n) is 35.5. The van der Waals surface area contributed by atoms with Crippen LogP contribution in [0.4, 0.5) is 29.1 Å². The lowest BCUT2D eigenvalue weighted by Gasteiger charge is -2.40. The number of aryl methyl sites for hydroxylation is 1. The molecule has 21 heteroatoms. The van der Waals surface area contributed by atoms with Crippen LogP contribution in [0.2, 0.25) is 0 Å². The number of anilines is 2. The molecule has 338 valence electrons. The SMILES string of the molecule is CN1CCN(c2ccn3ncc(C(=O)Nc4cn(C5CCC(CN6CCN(CC#Cc7cccc8c7n(C)c(=O)n8C7CCC(=O)NC7=O)CC6)CC5)nc4C(F)F)c3n2)C(F)(F)C1. The molecule has 3 aliphatic heterocycles. The molecule has 3 amide bonds. The zero-order valence-corrected chi connectivity index (χ0v) is 35.5. The van der Waals surface area contributed by atoms with Crippen molar-refractivity contribution in [3.05, 3.63) is 70.2 Å². The number of nitrogens with one attached hydrogen (secondary N) is 2. The summed E-state index contributed by atoms with van der Waals surface area (Å²) in [6.07, 6.45) is 4.85. The average Bonchev–Trinajstić information content (AvgIpc) is 3.96. The maximum absolute atomic E-state index is 14.9. The van der Waals surface area contributed by atoms with Crippen LogP contribution in [0.15, 0.2) is 47.7 Å². The smallest absolute Gasteiger partial charge is 0.319 e. The summed E-state index contributed by atoms with van der Waals surface area (Å²) in [5.41, 5.74) is 0.889. The van der Waals surface area contributed by atoms with Gasteiger partial charge in [-0.2, -0.15) is 19.0 Å². The van der Waals surface area contributed by atoms with Gasteiger partial charge in [-0.25, -0.2) is 23.1 Å². The number of imidazole rings is 1. The Morgan fingerprint density at radius 1 is 0.984 bits per heavy atom. The molecule has 5 aromatic rings. The number of nitrogens with zero attached hydrogens (tertiary/aromatic N) is 11. The van der Waals surface area contributed by atoms with Gasteiger partial charge in [0, 0.05) is 71.7 Å². The number of piperidine rings is 1. The van der Waals surface area contributed by atoms with E-state index in [2.05, 4.69) is 47.5 Å². The van der Waals surface area contributed by atoms with Crippen LogP contribution in [0.3, 0.4) is 0 Å². The molecule has 0 bridgehead atoms. The number of para-hydroxylation sites is 1. The average molecular weight is 888 g/mol. The van der Waals surface area contributed by atoms with Crippen LogP contribution in [0, 0.1) is 17.8 Å². The summed E-state index contributed by atoms with van der Waals surface area (Å²) in [6.45, 7) is 4.87. The largest absolute Gasteiger partial charge is 0.339 e. The second kappa shape index (κ2) is 17.5. The minimum atomic E-state index is -3.18. The Hall–Kier alpha value is -6.11. The molecule has 7 heterocycles. The van der Waals surface area contributed by atoms with E-state index in [-0.39, 0.29) is 59.7 Å². The van der Waals surface area contributed by atoms with Crippen molar-refractivity contribution in [2.75, 3.05) is 76.2 Å². The van der Waals surface area contributed by atoms with Crippen molar-refractivity contribution in [2.24, 2.45) is 13.0 Å². The predicted molar refractivity (Wildman–Crippen MR) is 227 cm³/mol. The van der Waals surface area contributed by atoms with Gasteiger partial charge in [0.1, 0.15) is 17.4 Å². The third-order valence-electron chi connectivity index (χ3n) is 13.0. The summed E-state index contributed by atoms with van der Waals surface area (Å²) in [5, 5.41) is 13.3. The topological polar surface area (TPSA) is 163 Å². The number of imide groups is 1. The number of hydrogen-bond donors (Lipinski definition) is 2. The number of hydrogen-bond acceptors (Lipinski definition) is 11. The van der Waals surface area contributed by atoms with Gasteiger partial charge >= 0.3 is 11.7 Å². The third kappa shape index (κ3) is 8.48. The molecule has 4 aromatic heterocycles. The Balaban J connectivity index is 0.774. The lowest BCUT2D eigenvalue weighted by Crippen LogP contribution is -2.57. The van der Waals surface area contributed by atoms with E-state index in [9.17, 15) is 36.7 Å². The van der Waals surface area contributed by atoms with Crippen molar-refractivity contribution in [1.82, 2.24) is 53.5 Å². The molecule has 4 fully saturated rings. The maximum Gasteiger partial charge on any atom is 0.339 e. The van der Waals surface area contributed by atoms with Gasteiger partial charge < -0.3 is 10.2 Å². The highest BCUT2D eigenvalue weighted by atomic mass is 19.3. The second-order valence-electron chi connectivity index (χ2n) is 17.2. The first kappa shape index (κ1) is 43.2. The molecule has 9 rings (SSSR count). The summed E-state index contributed by atoms with van der Waals surface area (Å²) in [4.78, 5) is 62.6. The highest BCUT2D eigenvalue weighted by molar-refractivity contribution is 6.08. The fourth-order valence-electron chi connectivity index (χ4n) is 9.52. The summed E-state index contributed by atoms with van der Waals surface area (Å²) >= 11 is 0. The first-order valence-corrected chi connectivity index (χ1v) is 21.6. The van der Waals surface area contributed by atoms with E-state index in [1.165, 1.54) is 47.9 Å². The van der Waals surface area contributed by atoms with Crippen molar-refractivity contribution in [1.29, 1.82) is 0 Å². The van der Waals surface area contributed by atoms with Gasteiger partial charge in [-0.3, -0.25) is 48.2 Å². The van der Waals surface area contributed by atoms with Crippen molar-refractivity contribution >= 4 is 45.9 Å². The number of amides is 3. The van der Waals surface area contributed by atoms with Crippen molar-refractivity contribution in [3.8, 4) is 11.8 Å². The van der Waals surface area contributed by atoms with E-state index < -0.39 is 42.6 Å². The minimum Gasteiger partial charge on any atom is -0.319 e. The van der Waals surface area contributed by atoms with Gasteiger partial charge in [0.2, 0.25) is 11.8 Å². The standard InChI is InChI=1S/C43H49F4N13O4/c1-53-17-22-57(43(46,47)26-53)34-14-16-58-39(50-34)30(23-48-58)40(62)49-31-25-59(52-36(31)38(44)45)29-10-8-27(9-11-29)24-56-20-18-55(19-21-56)15-4-6-28-5-3-7-32-37(28)54(2)42(64)60(32)33-12-13-35(61)51-41(33)63/h3,5,7,14,16,23,25,27,29,33,38H,8-13,15,17-22,24,26H2,1-2H3,(H,49,62)(H,51,61,63). The van der Waals surface area contributed by atoms with Crippen molar-refractivity contribution in [2.45, 2.75) is 63.1 Å². The van der Waals surface area contributed by atoms with Gasteiger partial charge in [0.05, 0.1) is 47.6 Å². The van der Waals surface area contributed by atoms with Gasteiger partial charge in [-0.05, 0) is 63.3 Å². The Morgan fingerprint density at radius 3 is 2.48 bits per heavy atom. The van der Waals surface area contributed by atoms with Gasteiger partial charge in [0.25, 0.3) is 12.3 Å². The molecule has 1 aromatic carbocycles. The highest BCUT2D eigenvalue weighted by Gasteiger charge is 2.42. The van der Waals surface area contributed by atoms with Crippen molar-refractivity contribution in [3.63, 3.8) is 0 Å². The first-order chi connectivity index (χ1) is 30.7. The third-order valence-corrected chi connectivity index (χ3v) is 13.0. The number of likely N-dealkylation sites (N-methyl/N-ethyl adjacent to an activating group) is 1. The summed E-state index contributed by atoms with van der Waals surface area (Å²) in [5.74, 6) is 5.37. The van der Waals surface area contributed by atoms with Gasteiger partial charge in [0.15, 0.2) is 11.3 Å². The van der Waals surface area contributed by atoms with Crippen LogP contribution in [-0.2, 0) is 16.6 Å². The molecule has 0 radical (unpaired) electrons. The van der Waals surface area contributed by atoms with Crippen molar-refractivity contribution < 1.29 is 31.9 Å². The van der Waals surface area contributed by atoms with Crippen LogP contribution >= 0.6 is 0 Å². The zero-order chi connectivity index (χ0) is 44.9. The van der Waals surface area contributed by atoms with Crippen LogP contribution in [0.25, 0.3) is 16.7 Å². The van der Waals surface area contributed by atoms with Crippen LogP contribution < -0.4 is 21.2 Å². The normalized spacial score (nSPS) is 22.5. The number of piperazine rings is 2. The van der Waals surface area contributed by atoms with E-state index in [1.54, 1.807) is 20.2 Å². The Morgan fingerprint density at radius 2 is 1.75 bits per heavy atom. The molecule has 2 N–H and O–H groups in total. The summed E-state index contributed by atoms with van der Waals surface area (Å²) < 4.78 is 64.2. The lowest BCUT2D eigenvalue weighted by atomic mass is 9.85. The number of halogens is 4. The van der Waals surface area contributed by atoms with E-state index in [0.29, 0.717) is 35.6 Å². The number of benzene rings is 1. The second-order valence-corrected chi connectivity index (χ2v) is 17.2. The first-order valence-electron chi connectivity index (χ1n) is 21.6. The van der Waals surface area contributed by atoms with Gasteiger partial charge in [-0.15, -0.1) is 0 Å². The number of rotatable bonds is 9. The molecular weight excluding hydrogens is 839 g/mol. The van der Waals surface area contributed by atoms with E-state index in [0.717, 1.165) is 63.3 Å². The quantitative estimate of drug-likeness (QED) is 0.0965. The van der Waals surface area contributed by atoms with E-state index >= 15 is 0 Å². The number of carbonyl (C=O) groups is 3. The molecule has 17 nitrogen and oxygen atoms in total. The number of aromatic nitrogens is 7. The lowest BCUT2D eigenvalue weighted by molar-refractivity contribution is -0.135. The fourth-order valence-corrected chi connectivity index (χ4v) is 9.52. The molecule has 64 heavy (non-hydrogen) atoms. The molecule has 0 spiro atoms. The molecule has 1 aliphatic carbocycles. The minimum absolute atomic E-state index is 0.0191. The Labute approximate surface area is 364 Å². The molecule has 1 unspecified atom stereocenters. The predicted octanol–water partition coefficient (Wildman–Crippen LogP) is 3.49. The van der Waals surface area contributed by atoms with E-state index in [1.807, 2.05) is 12.1 Å². The summed E-state index contributed by atoms with van der Waals surface area (Å²) in [7, 11) is 3.27. The molecule has 4 aliphatic rings. The molecule has 1 saturated carbocycles. The van der Waals surface area contributed by atoms with E-state index in [4.69, 9.17) is 0 Å². The number of alkyl halides is 4. The number of fused-ring (bicyclic) bond motifs is 2. The highest BCUT2D eigenvalue weighted by Crippen LogP contribution is 2.36. The Kier molecular flexibility index (Phi) is 11.8. The molecule has 3 saturated heterocycles. The number of carbonyl (C=O) groups excluding carboxylic acids is 3. The Bertz CT molecular complexity index is 2720. The maximum atomic E-state index is 14.9. The fraction of sp³-hybridized carbons (Fsp3) is 0.512. The molecule has 1 atom stereocenters. The van der Waals surface area contributed by atoms with Crippen LogP contribution in [0.1, 0.15) is 78.6 Å².